The first kappa shape index (κ1) is 10.8. The summed E-state index contributed by atoms with van der Waals surface area (Å²) in [5.74, 6) is 0. The van der Waals surface area contributed by atoms with Crippen LogP contribution in [0, 0.1) is 0 Å². The average molecular weight is 227 g/mol. The molecular formula is C15H17NO. The zero-order chi connectivity index (χ0) is 11.7. The molecule has 2 aromatic carbocycles. The van der Waals surface area contributed by atoms with E-state index in [4.69, 9.17) is 0 Å². The van der Waals surface area contributed by atoms with Gasteiger partial charge in [-0.2, -0.15) is 0 Å². The van der Waals surface area contributed by atoms with E-state index < -0.39 is 0 Å². The van der Waals surface area contributed by atoms with E-state index >= 15 is 0 Å². The molecule has 2 atom stereocenters. The topological polar surface area (TPSA) is 32.3 Å². The van der Waals surface area contributed by atoms with Crippen LogP contribution in [0.1, 0.15) is 24.5 Å². The van der Waals surface area contributed by atoms with Crippen LogP contribution in [-0.4, -0.2) is 17.7 Å². The van der Waals surface area contributed by atoms with Crippen LogP contribution < -0.4 is 5.32 Å². The fraction of sp³-hybridized carbons (Fsp3) is 0.333. The number of rotatable bonds is 2. The summed E-state index contributed by atoms with van der Waals surface area (Å²) in [7, 11) is 0. The summed E-state index contributed by atoms with van der Waals surface area (Å²) < 4.78 is 0. The molecule has 2 heteroatoms. The lowest BCUT2D eigenvalue weighted by Gasteiger charge is -2.19. The van der Waals surface area contributed by atoms with Crippen molar-refractivity contribution in [3.8, 4) is 0 Å². The number of benzene rings is 2. The molecule has 0 saturated carbocycles. The number of hydrogen-bond donors (Lipinski definition) is 2. The van der Waals surface area contributed by atoms with Gasteiger partial charge in [-0.3, -0.25) is 0 Å². The minimum absolute atomic E-state index is 0.219. The molecule has 2 N–H and O–H groups in total. The summed E-state index contributed by atoms with van der Waals surface area (Å²) in [6, 6.07) is 14.7. The van der Waals surface area contributed by atoms with E-state index in [0.29, 0.717) is 0 Å². The lowest BCUT2D eigenvalue weighted by Crippen LogP contribution is -2.28. The molecule has 3 rings (SSSR count). The predicted molar refractivity (Wildman–Crippen MR) is 69.9 cm³/mol. The Labute approximate surface area is 101 Å². The molecule has 0 aromatic heterocycles. The highest BCUT2D eigenvalue weighted by Crippen LogP contribution is 2.25. The molecule has 0 bridgehead atoms. The maximum atomic E-state index is 10.3. The van der Waals surface area contributed by atoms with Gasteiger partial charge in [-0.1, -0.05) is 36.4 Å². The van der Waals surface area contributed by atoms with E-state index in [1.165, 1.54) is 10.8 Å². The van der Waals surface area contributed by atoms with E-state index in [2.05, 4.69) is 29.6 Å². The molecule has 0 aliphatic carbocycles. The van der Waals surface area contributed by atoms with Crippen LogP contribution in [-0.2, 0) is 0 Å². The highest BCUT2D eigenvalue weighted by Gasteiger charge is 2.23. The quantitative estimate of drug-likeness (QED) is 0.826. The van der Waals surface area contributed by atoms with Gasteiger partial charge in [-0.15, -0.1) is 0 Å². The SMILES string of the molecule is O[C@H](c1ccc2ccccc2c1)[C@@H]1CCCN1. The zero-order valence-corrected chi connectivity index (χ0v) is 9.76. The second-order valence-corrected chi connectivity index (χ2v) is 4.75. The van der Waals surface area contributed by atoms with E-state index in [9.17, 15) is 5.11 Å². The molecule has 1 aliphatic rings. The van der Waals surface area contributed by atoms with Crippen molar-refractivity contribution in [1.29, 1.82) is 0 Å². The molecule has 1 fully saturated rings. The van der Waals surface area contributed by atoms with Gasteiger partial charge < -0.3 is 10.4 Å². The Morgan fingerprint density at radius 3 is 2.71 bits per heavy atom. The number of aliphatic hydroxyl groups is 1. The van der Waals surface area contributed by atoms with Crippen LogP contribution in [0.15, 0.2) is 42.5 Å². The highest BCUT2D eigenvalue weighted by molar-refractivity contribution is 5.83. The molecule has 0 spiro atoms. The number of nitrogens with one attached hydrogen (secondary N) is 1. The van der Waals surface area contributed by atoms with Crippen molar-refractivity contribution >= 4 is 10.8 Å². The fourth-order valence-electron chi connectivity index (χ4n) is 2.61. The Bertz CT molecular complexity index is 517. The van der Waals surface area contributed by atoms with Gasteiger partial charge in [0.2, 0.25) is 0 Å². The monoisotopic (exact) mass is 227 g/mol. The molecular weight excluding hydrogens is 210 g/mol. The lowest BCUT2D eigenvalue weighted by molar-refractivity contribution is 0.137. The normalized spacial score (nSPS) is 21.8. The molecule has 1 heterocycles. The Morgan fingerprint density at radius 2 is 1.94 bits per heavy atom. The molecule has 0 unspecified atom stereocenters. The minimum Gasteiger partial charge on any atom is -0.387 e. The first-order valence-electron chi connectivity index (χ1n) is 6.25. The smallest absolute Gasteiger partial charge is 0.0943 e. The summed E-state index contributed by atoms with van der Waals surface area (Å²) in [4.78, 5) is 0. The highest BCUT2D eigenvalue weighted by atomic mass is 16.3. The van der Waals surface area contributed by atoms with Crippen LogP contribution in [0.3, 0.4) is 0 Å². The zero-order valence-electron chi connectivity index (χ0n) is 9.76. The Morgan fingerprint density at radius 1 is 1.12 bits per heavy atom. The second kappa shape index (κ2) is 4.47. The molecule has 0 amide bonds. The van der Waals surface area contributed by atoms with E-state index in [0.717, 1.165) is 24.9 Å². The van der Waals surface area contributed by atoms with Crippen molar-refractivity contribution in [3.05, 3.63) is 48.0 Å². The van der Waals surface area contributed by atoms with Crippen molar-refractivity contribution < 1.29 is 5.11 Å². The van der Waals surface area contributed by atoms with E-state index in [1.54, 1.807) is 0 Å². The number of hydrogen-bond acceptors (Lipinski definition) is 2. The van der Waals surface area contributed by atoms with Gasteiger partial charge >= 0.3 is 0 Å². The van der Waals surface area contributed by atoms with Crippen LogP contribution in [0.5, 0.6) is 0 Å². The molecule has 0 radical (unpaired) electrons. The van der Waals surface area contributed by atoms with Crippen LogP contribution >= 0.6 is 0 Å². The van der Waals surface area contributed by atoms with Crippen molar-refractivity contribution in [2.45, 2.75) is 25.0 Å². The average Bonchev–Trinajstić information content (AvgIpc) is 2.91. The fourth-order valence-corrected chi connectivity index (χ4v) is 2.61. The first-order chi connectivity index (χ1) is 8.34. The van der Waals surface area contributed by atoms with Crippen LogP contribution in [0.4, 0.5) is 0 Å². The predicted octanol–water partition coefficient (Wildman–Crippen LogP) is 2.63. The molecule has 1 saturated heterocycles. The molecule has 88 valence electrons. The third-order valence-electron chi connectivity index (χ3n) is 3.59. The summed E-state index contributed by atoms with van der Waals surface area (Å²) in [6.45, 7) is 1.02. The standard InChI is InChI=1S/C15H17NO/c17-15(14-6-3-9-16-14)13-8-7-11-4-1-2-5-12(11)10-13/h1-2,4-5,7-8,10,14-17H,3,6,9H2/t14-,15+/m0/s1. The number of fused-ring (bicyclic) bond motifs is 1. The molecule has 2 aromatic rings. The Kier molecular flexibility index (Phi) is 2.83. The molecule has 17 heavy (non-hydrogen) atoms. The molecule has 1 aliphatic heterocycles. The Balaban J connectivity index is 1.94. The van der Waals surface area contributed by atoms with Crippen LogP contribution in [0.25, 0.3) is 10.8 Å². The van der Waals surface area contributed by atoms with Gasteiger partial charge in [0, 0.05) is 6.04 Å². The third kappa shape index (κ3) is 2.06. The second-order valence-electron chi connectivity index (χ2n) is 4.75. The van der Waals surface area contributed by atoms with E-state index in [-0.39, 0.29) is 12.1 Å². The lowest BCUT2D eigenvalue weighted by atomic mass is 9.98. The van der Waals surface area contributed by atoms with Crippen molar-refractivity contribution in [2.75, 3.05) is 6.54 Å². The summed E-state index contributed by atoms with van der Waals surface area (Å²) in [6.07, 6.45) is 1.84. The summed E-state index contributed by atoms with van der Waals surface area (Å²) in [5.41, 5.74) is 1.02. The first-order valence-corrected chi connectivity index (χ1v) is 6.25. The largest absolute Gasteiger partial charge is 0.387 e. The van der Waals surface area contributed by atoms with Gasteiger partial charge in [0.1, 0.15) is 0 Å². The molecule has 2 nitrogen and oxygen atoms in total. The maximum Gasteiger partial charge on any atom is 0.0943 e. The van der Waals surface area contributed by atoms with Crippen molar-refractivity contribution in [3.63, 3.8) is 0 Å². The van der Waals surface area contributed by atoms with Crippen molar-refractivity contribution in [2.24, 2.45) is 0 Å². The van der Waals surface area contributed by atoms with Gasteiger partial charge in [0.25, 0.3) is 0 Å². The third-order valence-corrected chi connectivity index (χ3v) is 3.59. The summed E-state index contributed by atoms with van der Waals surface area (Å²) in [5, 5.41) is 16.1. The van der Waals surface area contributed by atoms with Crippen molar-refractivity contribution in [1.82, 2.24) is 5.32 Å². The van der Waals surface area contributed by atoms with E-state index in [1.807, 2.05) is 18.2 Å². The van der Waals surface area contributed by atoms with Gasteiger partial charge in [-0.05, 0) is 41.8 Å². The van der Waals surface area contributed by atoms with Crippen LogP contribution in [0.2, 0.25) is 0 Å². The Hall–Kier alpha value is -1.38. The van der Waals surface area contributed by atoms with Gasteiger partial charge in [-0.25, -0.2) is 0 Å². The minimum atomic E-state index is -0.387. The maximum absolute atomic E-state index is 10.3. The van der Waals surface area contributed by atoms with Gasteiger partial charge in [0.15, 0.2) is 0 Å². The van der Waals surface area contributed by atoms with Gasteiger partial charge in [0.05, 0.1) is 6.10 Å². The summed E-state index contributed by atoms with van der Waals surface area (Å²) >= 11 is 0. The number of aliphatic hydroxyl groups excluding tert-OH is 1.